The second-order valence-corrected chi connectivity index (χ2v) is 8.76. The van der Waals surface area contributed by atoms with Crippen LogP contribution in [0.5, 0.6) is 0 Å². The summed E-state index contributed by atoms with van der Waals surface area (Å²) < 4.78 is 2.43. The summed E-state index contributed by atoms with van der Waals surface area (Å²) in [6.07, 6.45) is 26.6. The average Bonchev–Trinajstić information content (AvgIpc) is 3.15. The number of rotatable bonds is 18. The van der Waals surface area contributed by atoms with Gasteiger partial charge in [-0.05, 0) is 19.8 Å². The quantitative estimate of drug-likeness (QED) is 0.234. The summed E-state index contributed by atoms with van der Waals surface area (Å²) in [6, 6.07) is 0.592. The van der Waals surface area contributed by atoms with Crippen molar-refractivity contribution >= 4 is 0 Å². The van der Waals surface area contributed by atoms with E-state index in [9.17, 15) is 0 Å². The first kappa shape index (κ1) is 24.2. The highest BCUT2D eigenvalue weighted by molar-refractivity contribution is 5.00. The van der Waals surface area contributed by atoms with Crippen molar-refractivity contribution in [2.75, 3.05) is 0 Å². The molecule has 2 heteroatoms. The molecule has 2 nitrogen and oxygen atoms in total. The minimum absolute atomic E-state index is 0.582. The Morgan fingerprint density at radius 1 is 0.704 bits per heavy atom. The molecule has 1 rings (SSSR count). The van der Waals surface area contributed by atoms with Crippen molar-refractivity contribution in [3.05, 3.63) is 18.2 Å². The highest BCUT2D eigenvalue weighted by Gasteiger charge is 2.14. The molecule has 0 aromatic carbocycles. The number of unbranched alkanes of at least 4 members (excludes halogenated alkanes) is 12. The lowest BCUT2D eigenvalue weighted by atomic mass is 10.0. The minimum atomic E-state index is 0.582. The highest BCUT2D eigenvalue weighted by Crippen LogP contribution is 2.24. The molecular formula is C25H48N2. The van der Waals surface area contributed by atoms with E-state index >= 15 is 0 Å². The standard InChI is InChI=1S/C25H48N2/c1-5-7-8-9-10-11-12-13-14-15-16-17-18-20-24(4)27-22-21-26-25(27)23(3)19-6-2/h21-24H,5-20H2,1-4H3. The van der Waals surface area contributed by atoms with Gasteiger partial charge in [0.15, 0.2) is 0 Å². The smallest absolute Gasteiger partial charge is 0.111 e. The molecule has 27 heavy (non-hydrogen) atoms. The fraction of sp³-hybridized carbons (Fsp3) is 0.880. The van der Waals surface area contributed by atoms with Gasteiger partial charge in [0, 0.05) is 24.4 Å². The zero-order valence-electron chi connectivity index (χ0n) is 19.0. The van der Waals surface area contributed by atoms with Crippen molar-refractivity contribution in [1.29, 1.82) is 0 Å². The van der Waals surface area contributed by atoms with Gasteiger partial charge in [0.2, 0.25) is 0 Å². The molecule has 0 bridgehead atoms. The Morgan fingerprint density at radius 3 is 1.74 bits per heavy atom. The molecule has 0 aliphatic rings. The van der Waals surface area contributed by atoms with E-state index in [2.05, 4.69) is 43.4 Å². The van der Waals surface area contributed by atoms with Crippen LogP contribution in [0.25, 0.3) is 0 Å². The molecule has 0 saturated carbocycles. The van der Waals surface area contributed by atoms with E-state index in [1.807, 2.05) is 6.20 Å². The number of hydrogen-bond donors (Lipinski definition) is 0. The second-order valence-electron chi connectivity index (χ2n) is 8.76. The van der Waals surface area contributed by atoms with E-state index in [1.165, 1.54) is 109 Å². The van der Waals surface area contributed by atoms with Crippen LogP contribution in [0.1, 0.15) is 148 Å². The Balaban J connectivity index is 2.00. The van der Waals surface area contributed by atoms with Gasteiger partial charge in [-0.1, -0.05) is 111 Å². The van der Waals surface area contributed by atoms with Crippen molar-refractivity contribution in [2.24, 2.45) is 0 Å². The first-order chi connectivity index (χ1) is 13.2. The average molecular weight is 377 g/mol. The van der Waals surface area contributed by atoms with Gasteiger partial charge in [-0.25, -0.2) is 4.98 Å². The number of hydrogen-bond acceptors (Lipinski definition) is 1. The summed E-state index contributed by atoms with van der Waals surface area (Å²) >= 11 is 0. The zero-order chi connectivity index (χ0) is 19.7. The van der Waals surface area contributed by atoms with Gasteiger partial charge in [-0.3, -0.25) is 0 Å². The SMILES string of the molecule is CCCCCCCCCCCCCCCC(C)n1ccnc1C(C)CCC. The fourth-order valence-corrected chi connectivity index (χ4v) is 4.24. The topological polar surface area (TPSA) is 17.8 Å². The van der Waals surface area contributed by atoms with Gasteiger partial charge < -0.3 is 4.57 Å². The Kier molecular flexibility index (Phi) is 14.5. The predicted molar refractivity (Wildman–Crippen MR) is 121 cm³/mol. The summed E-state index contributed by atoms with van der Waals surface area (Å²) in [5, 5.41) is 0. The third-order valence-corrected chi connectivity index (χ3v) is 6.06. The lowest BCUT2D eigenvalue weighted by Gasteiger charge is -2.19. The molecule has 0 saturated heterocycles. The molecular weight excluding hydrogens is 328 g/mol. The molecule has 0 aliphatic heterocycles. The maximum atomic E-state index is 4.63. The van der Waals surface area contributed by atoms with E-state index in [4.69, 9.17) is 0 Å². The van der Waals surface area contributed by atoms with E-state index in [0.717, 1.165) is 0 Å². The van der Waals surface area contributed by atoms with Crippen LogP contribution in [0.3, 0.4) is 0 Å². The first-order valence-corrected chi connectivity index (χ1v) is 12.2. The maximum Gasteiger partial charge on any atom is 0.111 e. The lowest BCUT2D eigenvalue weighted by Crippen LogP contribution is -2.11. The van der Waals surface area contributed by atoms with Crippen LogP contribution < -0.4 is 0 Å². The molecule has 0 amide bonds. The van der Waals surface area contributed by atoms with Crippen LogP contribution in [0.2, 0.25) is 0 Å². The van der Waals surface area contributed by atoms with E-state index in [1.54, 1.807) is 0 Å². The van der Waals surface area contributed by atoms with Crippen LogP contribution in [0.15, 0.2) is 12.4 Å². The van der Waals surface area contributed by atoms with Gasteiger partial charge >= 0.3 is 0 Å². The molecule has 2 unspecified atom stereocenters. The molecule has 1 heterocycles. The lowest BCUT2D eigenvalue weighted by molar-refractivity contribution is 0.439. The van der Waals surface area contributed by atoms with E-state index < -0.39 is 0 Å². The Hall–Kier alpha value is -0.790. The molecule has 0 spiro atoms. The van der Waals surface area contributed by atoms with E-state index in [-0.39, 0.29) is 0 Å². The normalized spacial score (nSPS) is 13.8. The predicted octanol–water partition coefficient (Wildman–Crippen LogP) is 8.83. The monoisotopic (exact) mass is 376 g/mol. The Bertz CT molecular complexity index is 437. The van der Waals surface area contributed by atoms with Crippen molar-refractivity contribution in [2.45, 2.75) is 142 Å². The van der Waals surface area contributed by atoms with Crippen LogP contribution in [0, 0.1) is 0 Å². The molecule has 2 atom stereocenters. The molecule has 0 radical (unpaired) electrons. The Morgan fingerprint density at radius 2 is 1.22 bits per heavy atom. The van der Waals surface area contributed by atoms with Gasteiger partial charge in [-0.15, -0.1) is 0 Å². The zero-order valence-corrected chi connectivity index (χ0v) is 19.0. The second kappa shape index (κ2) is 16.2. The molecule has 158 valence electrons. The molecule has 1 aromatic heterocycles. The summed E-state index contributed by atoms with van der Waals surface area (Å²) in [7, 11) is 0. The number of imidazole rings is 1. The summed E-state index contributed by atoms with van der Waals surface area (Å²) in [4.78, 5) is 4.63. The van der Waals surface area contributed by atoms with Crippen molar-refractivity contribution in [3.63, 3.8) is 0 Å². The summed E-state index contributed by atoms with van der Waals surface area (Å²) in [5.41, 5.74) is 0. The minimum Gasteiger partial charge on any atom is -0.332 e. The van der Waals surface area contributed by atoms with Gasteiger partial charge in [-0.2, -0.15) is 0 Å². The summed E-state index contributed by atoms with van der Waals surface area (Å²) in [6.45, 7) is 9.25. The molecule has 0 N–H and O–H groups in total. The van der Waals surface area contributed by atoms with Gasteiger partial charge in [0.1, 0.15) is 5.82 Å². The summed E-state index contributed by atoms with van der Waals surface area (Å²) in [5.74, 6) is 1.87. The largest absolute Gasteiger partial charge is 0.332 e. The van der Waals surface area contributed by atoms with Crippen molar-refractivity contribution in [3.8, 4) is 0 Å². The molecule has 0 aliphatic carbocycles. The highest BCUT2D eigenvalue weighted by atomic mass is 15.1. The molecule has 0 fully saturated rings. The van der Waals surface area contributed by atoms with Gasteiger partial charge in [0.05, 0.1) is 0 Å². The third kappa shape index (κ3) is 11.0. The maximum absolute atomic E-state index is 4.63. The van der Waals surface area contributed by atoms with Crippen LogP contribution in [0.4, 0.5) is 0 Å². The molecule has 1 aromatic rings. The Labute approximate surface area is 170 Å². The number of aromatic nitrogens is 2. The van der Waals surface area contributed by atoms with Crippen LogP contribution in [-0.4, -0.2) is 9.55 Å². The van der Waals surface area contributed by atoms with Crippen molar-refractivity contribution in [1.82, 2.24) is 9.55 Å². The van der Waals surface area contributed by atoms with Crippen LogP contribution in [-0.2, 0) is 0 Å². The fourth-order valence-electron chi connectivity index (χ4n) is 4.24. The van der Waals surface area contributed by atoms with Crippen molar-refractivity contribution < 1.29 is 0 Å². The van der Waals surface area contributed by atoms with Crippen LogP contribution >= 0.6 is 0 Å². The third-order valence-electron chi connectivity index (χ3n) is 6.06. The van der Waals surface area contributed by atoms with Gasteiger partial charge in [0.25, 0.3) is 0 Å². The number of nitrogens with zero attached hydrogens (tertiary/aromatic N) is 2. The van der Waals surface area contributed by atoms with E-state index in [0.29, 0.717) is 12.0 Å². The first-order valence-electron chi connectivity index (χ1n) is 12.2.